The first-order valence-corrected chi connectivity index (χ1v) is 4.49. The van der Waals surface area contributed by atoms with Crippen molar-refractivity contribution in [3.8, 4) is 0 Å². The molecule has 0 saturated carbocycles. The highest BCUT2D eigenvalue weighted by atomic mass is 16.4. The number of carboxylic acid groups (broad SMARTS) is 1. The van der Waals surface area contributed by atoms with E-state index in [-0.39, 0.29) is 6.04 Å². The van der Waals surface area contributed by atoms with Gasteiger partial charge in [0, 0.05) is 19.6 Å². The number of hydrogen-bond acceptors (Lipinski definition) is 2. The molecule has 0 bridgehead atoms. The second kappa shape index (κ2) is 2.94. The molecule has 12 heavy (non-hydrogen) atoms. The second-order valence-electron chi connectivity index (χ2n) is 3.60. The van der Waals surface area contributed by atoms with Crippen molar-refractivity contribution in [3.63, 3.8) is 0 Å². The molecule has 0 aliphatic carbocycles. The van der Waals surface area contributed by atoms with Crippen molar-refractivity contribution in [1.82, 2.24) is 10.2 Å². The van der Waals surface area contributed by atoms with Gasteiger partial charge in [0.25, 0.3) is 0 Å². The van der Waals surface area contributed by atoms with Gasteiger partial charge in [-0.25, -0.2) is 4.79 Å². The Balaban J connectivity index is 2.08. The van der Waals surface area contributed by atoms with Crippen LogP contribution in [-0.2, 0) is 0 Å². The van der Waals surface area contributed by atoms with E-state index in [0.717, 1.165) is 26.1 Å². The average molecular weight is 170 g/mol. The molecule has 2 N–H and O–H groups in total. The van der Waals surface area contributed by atoms with Crippen LogP contribution in [0.15, 0.2) is 0 Å². The van der Waals surface area contributed by atoms with Crippen LogP contribution in [0.2, 0.25) is 0 Å². The highest BCUT2D eigenvalue weighted by Crippen LogP contribution is 2.25. The van der Waals surface area contributed by atoms with Crippen LogP contribution in [0, 0.1) is 5.92 Å². The number of piperidine rings is 1. The summed E-state index contributed by atoms with van der Waals surface area (Å²) in [4.78, 5) is 12.4. The highest BCUT2D eigenvalue weighted by molar-refractivity contribution is 5.65. The van der Waals surface area contributed by atoms with E-state index in [4.69, 9.17) is 5.11 Å². The normalized spacial score (nSPS) is 34.8. The summed E-state index contributed by atoms with van der Waals surface area (Å²) in [5.74, 6) is 0.565. The van der Waals surface area contributed by atoms with Crippen LogP contribution in [0.4, 0.5) is 4.79 Å². The smallest absolute Gasteiger partial charge is 0.407 e. The van der Waals surface area contributed by atoms with Crippen LogP contribution in [0.3, 0.4) is 0 Å². The Hall–Kier alpha value is -0.770. The molecule has 0 aromatic rings. The molecular weight excluding hydrogens is 156 g/mol. The number of hydrogen-bond donors (Lipinski definition) is 2. The molecular formula is C8H14N2O2. The van der Waals surface area contributed by atoms with Crippen LogP contribution in [0.1, 0.15) is 12.8 Å². The maximum atomic E-state index is 10.8. The van der Waals surface area contributed by atoms with Crippen LogP contribution < -0.4 is 5.32 Å². The quantitative estimate of drug-likeness (QED) is 0.551. The Morgan fingerprint density at radius 3 is 3.08 bits per heavy atom. The molecule has 2 unspecified atom stereocenters. The lowest BCUT2D eigenvalue weighted by atomic mass is 9.92. The summed E-state index contributed by atoms with van der Waals surface area (Å²) in [7, 11) is 0. The van der Waals surface area contributed by atoms with E-state index in [1.165, 1.54) is 6.42 Å². The minimum Gasteiger partial charge on any atom is -0.465 e. The lowest BCUT2D eigenvalue weighted by Crippen LogP contribution is -2.47. The number of nitrogens with zero attached hydrogens (tertiary/aromatic N) is 1. The first-order valence-electron chi connectivity index (χ1n) is 4.49. The fourth-order valence-electron chi connectivity index (χ4n) is 2.31. The average Bonchev–Trinajstić information content (AvgIpc) is 2.49. The molecule has 2 heterocycles. The van der Waals surface area contributed by atoms with Gasteiger partial charge < -0.3 is 15.3 Å². The maximum Gasteiger partial charge on any atom is 0.407 e. The topological polar surface area (TPSA) is 52.6 Å². The Morgan fingerprint density at radius 1 is 1.50 bits per heavy atom. The van der Waals surface area contributed by atoms with E-state index in [2.05, 4.69) is 5.32 Å². The molecule has 68 valence electrons. The van der Waals surface area contributed by atoms with E-state index in [0.29, 0.717) is 5.92 Å². The van der Waals surface area contributed by atoms with Gasteiger partial charge in [-0.15, -0.1) is 0 Å². The molecule has 2 aliphatic rings. The molecule has 2 atom stereocenters. The monoisotopic (exact) mass is 170 g/mol. The lowest BCUT2D eigenvalue weighted by molar-refractivity contribution is 0.0964. The van der Waals surface area contributed by atoms with E-state index < -0.39 is 6.09 Å². The zero-order valence-electron chi connectivity index (χ0n) is 6.99. The molecule has 0 spiro atoms. The number of amides is 1. The molecule has 1 amide bonds. The molecule has 0 aromatic heterocycles. The number of rotatable bonds is 0. The third-order valence-electron chi connectivity index (χ3n) is 2.92. The fraction of sp³-hybridized carbons (Fsp3) is 0.875. The van der Waals surface area contributed by atoms with Crippen molar-refractivity contribution in [3.05, 3.63) is 0 Å². The molecule has 4 nitrogen and oxygen atoms in total. The van der Waals surface area contributed by atoms with Gasteiger partial charge in [-0.05, 0) is 18.8 Å². The predicted octanol–water partition coefficient (Wildman–Crippen LogP) is 0.348. The van der Waals surface area contributed by atoms with Crippen LogP contribution in [0.25, 0.3) is 0 Å². The van der Waals surface area contributed by atoms with E-state index in [9.17, 15) is 4.79 Å². The minimum atomic E-state index is -0.756. The number of nitrogens with one attached hydrogen (secondary N) is 1. The van der Waals surface area contributed by atoms with Crippen molar-refractivity contribution >= 4 is 6.09 Å². The maximum absolute atomic E-state index is 10.8. The third kappa shape index (κ3) is 1.16. The van der Waals surface area contributed by atoms with Crippen LogP contribution in [-0.4, -0.2) is 41.8 Å². The summed E-state index contributed by atoms with van der Waals surface area (Å²) in [5, 5.41) is 12.1. The standard InChI is InChI=1S/C8H14N2O2/c11-8(12)10-3-1-2-6-4-9-5-7(6)10/h6-7,9H,1-5H2,(H,11,12). The van der Waals surface area contributed by atoms with Gasteiger partial charge in [-0.1, -0.05) is 0 Å². The van der Waals surface area contributed by atoms with Gasteiger partial charge in [-0.3, -0.25) is 0 Å². The molecule has 0 aromatic carbocycles. The first-order chi connectivity index (χ1) is 5.79. The van der Waals surface area contributed by atoms with Crippen molar-refractivity contribution in [1.29, 1.82) is 0 Å². The zero-order chi connectivity index (χ0) is 8.55. The molecule has 4 heteroatoms. The van der Waals surface area contributed by atoms with E-state index >= 15 is 0 Å². The first kappa shape index (κ1) is 7.86. The van der Waals surface area contributed by atoms with Crippen LogP contribution >= 0.6 is 0 Å². The van der Waals surface area contributed by atoms with Gasteiger partial charge in [-0.2, -0.15) is 0 Å². The summed E-state index contributed by atoms with van der Waals surface area (Å²) < 4.78 is 0. The van der Waals surface area contributed by atoms with Gasteiger partial charge in [0.05, 0.1) is 6.04 Å². The summed E-state index contributed by atoms with van der Waals surface area (Å²) in [6, 6.07) is 0.247. The molecule has 2 fully saturated rings. The van der Waals surface area contributed by atoms with Crippen molar-refractivity contribution in [2.45, 2.75) is 18.9 Å². The Morgan fingerprint density at radius 2 is 2.33 bits per heavy atom. The predicted molar refractivity (Wildman–Crippen MR) is 44.1 cm³/mol. The summed E-state index contributed by atoms with van der Waals surface area (Å²) in [6.07, 6.45) is 1.45. The summed E-state index contributed by atoms with van der Waals surface area (Å²) in [6.45, 7) is 2.56. The Kier molecular flexibility index (Phi) is 1.92. The summed E-state index contributed by atoms with van der Waals surface area (Å²) in [5.41, 5.74) is 0. The lowest BCUT2D eigenvalue weighted by Gasteiger charge is -2.34. The molecule has 2 aliphatic heterocycles. The van der Waals surface area contributed by atoms with Gasteiger partial charge in [0.2, 0.25) is 0 Å². The van der Waals surface area contributed by atoms with E-state index in [1.807, 2.05) is 0 Å². The largest absolute Gasteiger partial charge is 0.465 e. The van der Waals surface area contributed by atoms with Crippen molar-refractivity contribution in [2.24, 2.45) is 5.92 Å². The SMILES string of the molecule is O=C(O)N1CCCC2CNCC21. The van der Waals surface area contributed by atoms with Crippen molar-refractivity contribution < 1.29 is 9.90 Å². The summed E-state index contributed by atoms with van der Waals surface area (Å²) >= 11 is 0. The Labute approximate surface area is 71.5 Å². The number of carbonyl (C=O) groups is 1. The Bertz CT molecular complexity index is 195. The van der Waals surface area contributed by atoms with E-state index in [1.54, 1.807) is 4.90 Å². The third-order valence-corrected chi connectivity index (χ3v) is 2.92. The van der Waals surface area contributed by atoms with Crippen molar-refractivity contribution in [2.75, 3.05) is 19.6 Å². The number of fused-ring (bicyclic) bond motifs is 1. The fourth-order valence-corrected chi connectivity index (χ4v) is 2.31. The van der Waals surface area contributed by atoms with Gasteiger partial charge in [0.1, 0.15) is 0 Å². The van der Waals surface area contributed by atoms with Crippen LogP contribution in [0.5, 0.6) is 0 Å². The molecule has 2 rings (SSSR count). The second-order valence-corrected chi connectivity index (χ2v) is 3.60. The number of likely N-dealkylation sites (tertiary alicyclic amines) is 1. The minimum absolute atomic E-state index is 0.247. The van der Waals surface area contributed by atoms with Gasteiger partial charge >= 0.3 is 6.09 Å². The molecule has 2 saturated heterocycles. The highest BCUT2D eigenvalue weighted by Gasteiger charge is 2.37. The van der Waals surface area contributed by atoms with Gasteiger partial charge in [0.15, 0.2) is 0 Å². The zero-order valence-corrected chi connectivity index (χ0v) is 6.99. The molecule has 0 radical (unpaired) electrons.